The Hall–Kier alpha value is -3.58. The second-order valence-electron chi connectivity index (χ2n) is 9.47. The Bertz CT molecular complexity index is 1230. The van der Waals surface area contributed by atoms with Gasteiger partial charge in [0.1, 0.15) is 24.3 Å². The highest BCUT2D eigenvalue weighted by molar-refractivity contribution is 6.02. The number of nitrogens with zero attached hydrogens (tertiary/aromatic N) is 1. The van der Waals surface area contributed by atoms with Crippen LogP contribution in [-0.4, -0.2) is 24.5 Å². The fourth-order valence-electron chi connectivity index (χ4n) is 4.83. The highest BCUT2D eigenvalue weighted by atomic mass is 19.1. The number of amides is 2. The molecule has 0 aliphatic heterocycles. The molecule has 1 fully saturated rings. The summed E-state index contributed by atoms with van der Waals surface area (Å²) in [6, 6.07) is 18.0. The van der Waals surface area contributed by atoms with Gasteiger partial charge in [-0.1, -0.05) is 61.7 Å². The van der Waals surface area contributed by atoms with Crippen molar-refractivity contribution in [3.8, 4) is 0 Å². The average molecular weight is 507 g/mol. The van der Waals surface area contributed by atoms with Crippen LogP contribution < -0.4 is 10.2 Å². The Morgan fingerprint density at radius 1 is 0.946 bits per heavy atom. The quantitative estimate of drug-likeness (QED) is 0.387. The van der Waals surface area contributed by atoms with Crippen molar-refractivity contribution in [3.05, 3.63) is 101 Å². The number of ether oxygens (including phenoxy) is 1. The van der Waals surface area contributed by atoms with Gasteiger partial charge in [0.2, 0.25) is 5.91 Å². The first-order chi connectivity index (χ1) is 17.9. The van der Waals surface area contributed by atoms with Crippen LogP contribution in [0.25, 0.3) is 0 Å². The SMILES string of the molecule is Cc1ccccc1C(C(=O)NC1CCCCC1)N(C(=O)COCc1cccc(F)c1)c1cccc(F)c1. The molecule has 1 atom stereocenters. The molecule has 0 aromatic heterocycles. The van der Waals surface area contributed by atoms with Crippen LogP contribution in [0.1, 0.15) is 54.8 Å². The Morgan fingerprint density at radius 3 is 2.35 bits per heavy atom. The summed E-state index contributed by atoms with van der Waals surface area (Å²) in [6.07, 6.45) is 5.00. The van der Waals surface area contributed by atoms with Crippen LogP contribution >= 0.6 is 0 Å². The van der Waals surface area contributed by atoms with Gasteiger partial charge in [-0.2, -0.15) is 0 Å². The second-order valence-corrected chi connectivity index (χ2v) is 9.47. The summed E-state index contributed by atoms with van der Waals surface area (Å²) < 4.78 is 33.5. The monoisotopic (exact) mass is 506 g/mol. The number of nitrogens with one attached hydrogen (secondary N) is 1. The van der Waals surface area contributed by atoms with Gasteiger partial charge >= 0.3 is 0 Å². The summed E-state index contributed by atoms with van der Waals surface area (Å²) in [4.78, 5) is 28.8. The summed E-state index contributed by atoms with van der Waals surface area (Å²) in [6.45, 7) is 1.53. The van der Waals surface area contributed by atoms with Crippen LogP contribution in [0.3, 0.4) is 0 Å². The van der Waals surface area contributed by atoms with Crippen LogP contribution in [-0.2, 0) is 20.9 Å². The van der Waals surface area contributed by atoms with Gasteiger partial charge in [0.25, 0.3) is 5.91 Å². The van der Waals surface area contributed by atoms with E-state index in [0.29, 0.717) is 11.1 Å². The summed E-state index contributed by atoms with van der Waals surface area (Å²) in [5.41, 5.74) is 2.32. The lowest BCUT2D eigenvalue weighted by Gasteiger charge is -2.34. The van der Waals surface area contributed by atoms with Crippen molar-refractivity contribution in [2.45, 2.75) is 57.7 Å². The maximum Gasteiger partial charge on any atom is 0.254 e. The molecule has 3 aromatic carbocycles. The van der Waals surface area contributed by atoms with Crippen molar-refractivity contribution in [2.24, 2.45) is 0 Å². The van der Waals surface area contributed by atoms with E-state index in [1.165, 1.54) is 35.2 Å². The molecule has 1 saturated carbocycles. The van der Waals surface area contributed by atoms with E-state index in [1.54, 1.807) is 18.2 Å². The molecule has 5 nitrogen and oxygen atoms in total. The first-order valence-electron chi connectivity index (χ1n) is 12.7. The van der Waals surface area contributed by atoms with Crippen molar-refractivity contribution < 1.29 is 23.1 Å². The minimum atomic E-state index is -1.02. The molecular weight excluding hydrogens is 474 g/mol. The number of benzene rings is 3. The standard InChI is InChI=1S/C30H32F2N2O3/c1-21-9-5-6-16-27(21)29(30(36)33-25-13-3-2-4-14-25)34(26-15-8-12-24(32)18-26)28(35)20-37-19-22-10-7-11-23(31)17-22/h5-12,15-18,25,29H,2-4,13-14,19-20H2,1H3,(H,33,36). The molecule has 0 bridgehead atoms. The molecule has 1 aliphatic rings. The summed E-state index contributed by atoms with van der Waals surface area (Å²) >= 11 is 0. The Morgan fingerprint density at radius 2 is 1.65 bits per heavy atom. The van der Waals surface area contributed by atoms with E-state index in [-0.39, 0.29) is 30.9 Å². The predicted molar refractivity (Wildman–Crippen MR) is 139 cm³/mol. The number of carbonyl (C=O) groups excluding carboxylic acids is 2. The molecule has 0 spiro atoms. The van der Waals surface area contributed by atoms with E-state index in [9.17, 15) is 18.4 Å². The number of anilines is 1. The molecule has 0 saturated heterocycles. The van der Waals surface area contributed by atoms with Crippen LogP contribution in [0.4, 0.5) is 14.5 Å². The fraction of sp³-hybridized carbons (Fsp3) is 0.333. The number of carbonyl (C=O) groups is 2. The summed E-state index contributed by atoms with van der Waals surface area (Å²) in [7, 11) is 0. The zero-order valence-electron chi connectivity index (χ0n) is 21.0. The molecular formula is C30H32F2N2O3. The second kappa shape index (κ2) is 12.6. The van der Waals surface area contributed by atoms with Gasteiger partial charge in [-0.25, -0.2) is 8.78 Å². The smallest absolute Gasteiger partial charge is 0.254 e. The normalized spacial score (nSPS) is 14.7. The number of aryl methyl sites for hydroxylation is 1. The topological polar surface area (TPSA) is 58.6 Å². The zero-order chi connectivity index (χ0) is 26.2. The van der Waals surface area contributed by atoms with Crippen LogP contribution in [0.5, 0.6) is 0 Å². The third kappa shape index (κ3) is 7.01. The minimum Gasteiger partial charge on any atom is -0.367 e. The lowest BCUT2D eigenvalue weighted by molar-refractivity contribution is -0.129. The predicted octanol–water partition coefficient (Wildman–Crippen LogP) is 6.01. The van der Waals surface area contributed by atoms with E-state index in [0.717, 1.165) is 37.7 Å². The van der Waals surface area contributed by atoms with Crippen molar-refractivity contribution >= 4 is 17.5 Å². The Balaban J connectivity index is 1.65. The van der Waals surface area contributed by atoms with Gasteiger partial charge in [0, 0.05) is 11.7 Å². The first kappa shape index (κ1) is 26.5. The average Bonchev–Trinajstić information content (AvgIpc) is 2.88. The number of hydrogen-bond donors (Lipinski definition) is 1. The Kier molecular flexibility index (Phi) is 9.01. The van der Waals surface area contributed by atoms with Crippen molar-refractivity contribution in [2.75, 3.05) is 11.5 Å². The molecule has 2 amide bonds. The maximum absolute atomic E-state index is 14.3. The fourth-order valence-corrected chi connectivity index (χ4v) is 4.83. The lowest BCUT2D eigenvalue weighted by Crippen LogP contribution is -2.48. The number of rotatable bonds is 9. The van der Waals surface area contributed by atoms with Crippen LogP contribution in [0.15, 0.2) is 72.8 Å². The van der Waals surface area contributed by atoms with Gasteiger partial charge in [0.15, 0.2) is 0 Å². The van der Waals surface area contributed by atoms with Crippen LogP contribution in [0, 0.1) is 18.6 Å². The Labute approximate surface area is 216 Å². The largest absolute Gasteiger partial charge is 0.367 e. The van der Waals surface area contributed by atoms with E-state index in [1.807, 2.05) is 31.2 Å². The first-order valence-corrected chi connectivity index (χ1v) is 12.7. The zero-order valence-corrected chi connectivity index (χ0v) is 21.0. The van der Waals surface area contributed by atoms with Gasteiger partial charge in [-0.15, -0.1) is 0 Å². The van der Waals surface area contributed by atoms with Gasteiger partial charge in [-0.3, -0.25) is 14.5 Å². The molecule has 1 unspecified atom stereocenters. The molecule has 0 radical (unpaired) electrons. The summed E-state index contributed by atoms with van der Waals surface area (Å²) in [5.74, 6) is -1.74. The van der Waals surface area contributed by atoms with Gasteiger partial charge < -0.3 is 10.1 Å². The highest BCUT2D eigenvalue weighted by Gasteiger charge is 2.35. The van der Waals surface area contributed by atoms with E-state index in [4.69, 9.17) is 4.74 Å². The van der Waals surface area contributed by atoms with E-state index >= 15 is 0 Å². The van der Waals surface area contributed by atoms with Crippen molar-refractivity contribution in [1.82, 2.24) is 5.32 Å². The molecule has 7 heteroatoms. The molecule has 1 N–H and O–H groups in total. The van der Waals surface area contributed by atoms with Gasteiger partial charge in [0.05, 0.1) is 6.61 Å². The van der Waals surface area contributed by atoms with E-state index < -0.39 is 23.6 Å². The number of halogens is 2. The third-order valence-electron chi connectivity index (χ3n) is 6.68. The van der Waals surface area contributed by atoms with Gasteiger partial charge in [-0.05, 0) is 66.8 Å². The molecule has 0 heterocycles. The molecule has 3 aromatic rings. The van der Waals surface area contributed by atoms with E-state index in [2.05, 4.69) is 5.32 Å². The third-order valence-corrected chi connectivity index (χ3v) is 6.68. The van der Waals surface area contributed by atoms with Crippen molar-refractivity contribution in [3.63, 3.8) is 0 Å². The molecule has 4 rings (SSSR count). The van der Waals surface area contributed by atoms with Crippen molar-refractivity contribution in [1.29, 1.82) is 0 Å². The number of hydrogen-bond acceptors (Lipinski definition) is 3. The highest BCUT2D eigenvalue weighted by Crippen LogP contribution is 2.31. The minimum absolute atomic E-state index is 0.0177. The van der Waals surface area contributed by atoms with Crippen LogP contribution in [0.2, 0.25) is 0 Å². The molecule has 1 aliphatic carbocycles. The lowest BCUT2D eigenvalue weighted by atomic mass is 9.93. The summed E-state index contributed by atoms with van der Waals surface area (Å²) in [5, 5.41) is 3.14. The molecule has 37 heavy (non-hydrogen) atoms. The maximum atomic E-state index is 14.3. The molecule has 194 valence electrons.